The molecule has 0 aliphatic heterocycles. The molecule has 0 bridgehead atoms. The lowest BCUT2D eigenvalue weighted by molar-refractivity contribution is 0.237. The zero-order chi connectivity index (χ0) is 16.8. The van der Waals surface area contributed by atoms with Gasteiger partial charge in [0.25, 0.3) is 0 Å². The lowest BCUT2D eigenvalue weighted by atomic mass is 10.2. The van der Waals surface area contributed by atoms with Gasteiger partial charge in [-0.1, -0.05) is 30.7 Å². The molecule has 0 saturated carbocycles. The van der Waals surface area contributed by atoms with Crippen molar-refractivity contribution < 1.29 is 9.90 Å². The second-order valence-corrected chi connectivity index (χ2v) is 5.66. The standard InChI is InChI=1S/C16H21ClN4O2/c1-3-12(8-9-22)18-16(23)19-15-10-11(2)21(20-15)14-7-5-4-6-13(14)17/h4-7,10,12,22H,3,8-9H2,1-2H3,(H2,18,19,20,23). The summed E-state index contributed by atoms with van der Waals surface area (Å²) in [6.45, 7) is 3.88. The zero-order valence-corrected chi connectivity index (χ0v) is 14.0. The van der Waals surface area contributed by atoms with Gasteiger partial charge in [-0.15, -0.1) is 5.10 Å². The van der Waals surface area contributed by atoms with E-state index in [0.717, 1.165) is 17.8 Å². The maximum Gasteiger partial charge on any atom is 0.320 e. The first-order chi connectivity index (χ1) is 11.0. The second-order valence-electron chi connectivity index (χ2n) is 5.25. The third kappa shape index (κ3) is 4.46. The van der Waals surface area contributed by atoms with Gasteiger partial charge in [0, 0.05) is 24.4 Å². The SMILES string of the molecule is CCC(CCO)NC(=O)Nc1cc(C)n(-c2ccccc2Cl)n1. The smallest absolute Gasteiger partial charge is 0.320 e. The topological polar surface area (TPSA) is 79.2 Å². The van der Waals surface area contributed by atoms with Gasteiger partial charge in [-0.3, -0.25) is 5.32 Å². The van der Waals surface area contributed by atoms with E-state index in [9.17, 15) is 4.79 Å². The summed E-state index contributed by atoms with van der Waals surface area (Å²) in [5, 5.41) is 19.4. The normalized spacial score (nSPS) is 12.0. The molecule has 1 heterocycles. The molecular weight excluding hydrogens is 316 g/mol. The number of halogens is 1. The Morgan fingerprint density at radius 1 is 1.43 bits per heavy atom. The highest BCUT2D eigenvalue weighted by molar-refractivity contribution is 6.32. The number of aliphatic hydroxyl groups is 1. The van der Waals surface area contributed by atoms with E-state index in [1.54, 1.807) is 16.8 Å². The molecule has 3 N–H and O–H groups in total. The molecule has 2 amide bonds. The van der Waals surface area contributed by atoms with Gasteiger partial charge in [0.1, 0.15) is 0 Å². The van der Waals surface area contributed by atoms with Crippen LogP contribution < -0.4 is 10.6 Å². The van der Waals surface area contributed by atoms with Gasteiger partial charge >= 0.3 is 6.03 Å². The molecule has 0 radical (unpaired) electrons. The maximum absolute atomic E-state index is 12.0. The van der Waals surface area contributed by atoms with Crippen LogP contribution in [0.2, 0.25) is 5.02 Å². The quantitative estimate of drug-likeness (QED) is 0.758. The molecule has 1 unspecified atom stereocenters. The van der Waals surface area contributed by atoms with E-state index in [-0.39, 0.29) is 18.7 Å². The van der Waals surface area contributed by atoms with E-state index >= 15 is 0 Å². The van der Waals surface area contributed by atoms with Crippen LogP contribution in [0.1, 0.15) is 25.5 Å². The number of nitrogens with one attached hydrogen (secondary N) is 2. The fraction of sp³-hybridized carbons (Fsp3) is 0.375. The Bertz CT molecular complexity index is 672. The van der Waals surface area contributed by atoms with E-state index in [4.69, 9.17) is 16.7 Å². The third-order valence-electron chi connectivity index (χ3n) is 3.52. The molecule has 23 heavy (non-hydrogen) atoms. The summed E-state index contributed by atoms with van der Waals surface area (Å²) in [5.41, 5.74) is 1.61. The summed E-state index contributed by atoms with van der Waals surface area (Å²) in [4.78, 5) is 12.0. The molecular formula is C16H21ClN4O2. The molecule has 0 fully saturated rings. The minimum Gasteiger partial charge on any atom is -0.396 e. The van der Waals surface area contributed by atoms with Gasteiger partial charge in [-0.25, -0.2) is 9.48 Å². The van der Waals surface area contributed by atoms with Gasteiger partial charge in [0.15, 0.2) is 5.82 Å². The van der Waals surface area contributed by atoms with Crippen molar-refractivity contribution in [1.29, 1.82) is 0 Å². The molecule has 0 spiro atoms. The number of nitrogens with zero attached hydrogens (tertiary/aromatic N) is 2. The average Bonchev–Trinajstić information content (AvgIpc) is 2.87. The lowest BCUT2D eigenvalue weighted by Gasteiger charge is -2.15. The first kappa shape index (κ1) is 17.3. The Balaban J connectivity index is 2.09. The molecule has 7 heteroatoms. The molecule has 1 aromatic carbocycles. The van der Waals surface area contributed by atoms with Gasteiger partial charge < -0.3 is 10.4 Å². The molecule has 0 aliphatic carbocycles. The largest absolute Gasteiger partial charge is 0.396 e. The zero-order valence-electron chi connectivity index (χ0n) is 13.2. The van der Waals surface area contributed by atoms with Crippen LogP contribution in [0.15, 0.2) is 30.3 Å². The summed E-state index contributed by atoms with van der Waals surface area (Å²) in [6.07, 6.45) is 1.28. The highest BCUT2D eigenvalue weighted by Gasteiger charge is 2.13. The molecule has 0 aliphatic rings. The Hall–Kier alpha value is -2.05. The highest BCUT2D eigenvalue weighted by Crippen LogP contribution is 2.22. The predicted octanol–water partition coefficient (Wildman–Crippen LogP) is 3.12. The second kappa shape index (κ2) is 7.99. The monoisotopic (exact) mass is 336 g/mol. The van der Waals surface area contributed by atoms with Crippen molar-refractivity contribution in [1.82, 2.24) is 15.1 Å². The minimum absolute atomic E-state index is 0.0407. The van der Waals surface area contributed by atoms with Crippen LogP contribution in [0.25, 0.3) is 5.69 Å². The number of benzene rings is 1. The van der Waals surface area contributed by atoms with Crippen molar-refractivity contribution in [2.75, 3.05) is 11.9 Å². The number of aliphatic hydroxyl groups excluding tert-OH is 1. The average molecular weight is 337 g/mol. The van der Waals surface area contributed by atoms with Crippen LogP contribution in [0.5, 0.6) is 0 Å². The number of aromatic nitrogens is 2. The molecule has 6 nitrogen and oxygen atoms in total. The van der Waals surface area contributed by atoms with E-state index in [1.165, 1.54) is 0 Å². The third-order valence-corrected chi connectivity index (χ3v) is 3.83. The van der Waals surface area contributed by atoms with Crippen molar-refractivity contribution in [2.45, 2.75) is 32.7 Å². The van der Waals surface area contributed by atoms with E-state index in [2.05, 4.69) is 15.7 Å². The van der Waals surface area contributed by atoms with Crippen LogP contribution >= 0.6 is 11.6 Å². The summed E-state index contributed by atoms with van der Waals surface area (Å²) < 4.78 is 1.68. The number of hydrogen-bond donors (Lipinski definition) is 3. The number of carbonyl (C=O) groups is 1. The molecule has 1 aromatic heterocycles. The summed E-state index contributed by atoms with van der Waals surface area (Å²) in [7, 11) is 0. The Kier molecular flexibility index (Phi) is 6.01. The first-order valence-corrected chi connectivity index (χ1v) is 7.93. The number of hydrogen-bond acceptors (Lipinski definition) is 3. The van der Waals surface area contributed by atoms with Gasteiger partial charge in [-0.05, 0) is 31.9 Å². The number of para-hydroxylation sites is 1. The van der Waals surface area contributed by atoms with E-state index in [0.29, 0.717) is 17.3 Å². The number of carbonyl (C=O) groups excluding carboxylic acids is 1. The van der Waals surface area contributed by atoms with E-state index in [1.807, 2.05) is 32.0 Å². The fourth-order valence-electron chi connectivity index (χ4n) is 2.27. The van der Waals surface area contributed by atoms with Crippen molar-refractivity contribution in [2.24, 2.45) is 0 Å². The van der Waals surface area contributed by atoms with Crippen molar-refractivity contribution in [3.05, 3.63) is 41.0 Å². The van der Waals surface area contributed by atoms with Crippen LogP contribution in [0.3, 0.4) is 0 Å². The summed E-state index contributed by atoms with van der Waals surface area (Å²) in [5.74, 6) is 0.443. The van der Waals surface area contributed by atoms with Crippen molar-refractivity contribution in [3.63, 3.8) is 0 Å². The Morgan fingerprint density at radius 3 is 2.83 bits per heavy atom. The Morgan fingerprint density at radius 2 is 2.17 bits per heavy atom. The number of anilines is 1. The van der Waals surface area contributed by atoms with Crippen LogP contribution in [0.4, 0.5) is 10.6 Å². The first-order valence-electron chi connectivity index (χ1n) is 7.55. The summed E-state index contributed by atoms with van der Waals surface area (Å²) in [6, 6.07) is 8.75. The molecule has 2 rings (SSSR count). The van der Waals surface area contributed by atoms with Crippen LogP contribution in [-0.4, -0.2) is 33.6 Å². The minimum atomic E-state index is -0.339. The summed E-state index contributed by atoms with van der Waals surface area (Å²) >= 11 is 6.18. The lowest BCUT2D eigenvalue weighted by Crippen LogP contribution is -2.38. The van der Waals surface area contributed by atoms with Gasteiger partial charge in [0.2, 0.25) is 0 Å². The Labute approximate surface area is 140 Å². The van der Waals surface area contributed by atoms with Crippen LogP contribution in [0, 0.1) is 6.92 Å². The molecule has 0 saturated heterocycles. The molecule has 2 aromatic rings. The molecule has 124 valence electrons. The van der Waals surface area contributed by atoms with Gasteiger partial charge in [0.05, 0.1) is 10.7 Å². The number of rotatable bonds is 6. The highest BCUT2D eigenvalue weighted by atomic mass is 35.5. The maximum atomic E-state index is 12.0. The molecule has 1 atom stereocenters. The number of urea groups is 1. The predicted molar refractivity (Wildman–Crippen MR) is 91.2 cm³/mol. The van der Waals surface area contributed by atoms with E-state index < -0.39 is 0 Å². The fourth-order valence-corrected chi connectivity index (χ4v) is 2.49. The van der Waals surface area contributed by atoms with Gasteiger partial charge in [-0.2, -0.15) is 0 Å². The number of amides is 2. The van der Waals surface area contributed by atoms with Crippen LogP contribution in [-0.2, 0) is 0 Å². The van der Waals surface area contributed by atoms with Crippen molar-refractivity contribution >= 4 is 23.4 Å². The van der Waals surface area contributed by atoms with Crippen molar-refractivity contribution in [3.8, 4) is 5.69 Å². The number of aryl methyl sites for hydroxylation is 1.